The maximum absolute atomic E-state index is 6.18. The molecule has 0 bridgehead atoms. The number of aromatic nitrogens is 4. The summed E-state index contributed by atoms with van der Waals surface area (Å²) in [6.07, 6.45) is 1.68. The molecule has 130 valence electrons. The van der Waals surface area contributed by atoms with E-state index < -0.39 is 0 Å². The lowest BCUT2D eigenvalue weighted by molar-refractivity contribution is 0.430. The average Bonchev–Trinajstić information content (AvgIpc) is 3.20. The van der Waals surface area contributed by atoms with Gasteiger partial charge in [-0.1, -0.05) is 35.3 Å². The molecule has 2 atom stereocenters. The Morgan fingerprint density at radius 3 is 2.56 bits per heavy atom. The third kappa shape index (κ3) is 3.31. The van der Waals surface area contributed by atoms with Crippen LogP contribution in [0, 0.1) is 13.8 Å². The maximum Gasteiger partial charge on any atom is 0.220 e. The molecule has 7 heteroatoms. The Hall–Kier alpha value is -1.85. The zero-order chi connectivity index (χ0) is 17.6. The van der Waals surface area contributed by atoms with Gasteiger partial charge in [0.25, 0.3) is 0 Å². The van der Waals surface area contributed by atoms with E-state index in [9.17, 15) is 0 Å². The lowest BCUT2D eigenvalue weighted by Gasteiger charge is -2.01. The van der Waals surface area contributed by atoms with E-state index in [-0.39, 0.29) is 0 Å². The van der Waals surface area contributed by atoms with Crippen LogP contribution in [-0.4, -0.2) is 20.0 Å². The summed E-state index contributed by atoms with van der Waals surface area (Å²) in [5, 5.41) is 14.3. The number of benzene rings is 1. The molecule has 0 aliphatic heterocycles. The molecule has 1 aliphatic carbocycles. The highest BCUT2D eigenvalue weighted by atomic mass is 35.5. The van der Waals surface area contributed by atoms with Gasteiger partial charge in [0.05, 0.1) is 16.4 Å². The molecule has 1 fully saturated rings. The molecule has 1 saturated carbocycles. The van der Waals surface area contributed by atoms with Crippen molar-refractivity contribution in [1.82, 2.24) is 20.0 Å². The molecule has 2 aromatic heterocycles. The van der Waals surface area contributed by atoms with Gasteiger partial charge in [0, 0.05) is 23.9 Å². The predicted octanol–water partition coefficient (Wildman–Crippen LogP) is 4.70. The van der Waals surface area contributed by atoms with Crippen LogP contribution in [0.3, 0.4) is 0 Å². The zero-order valence-corrected chi connectivity index (χ0v) is 15.6. The molecule has 0 saturated heterocycles. The number of aryl methyl sites for hydroxylation is 3. The SMILES string of the molecule is Cc1nn(CCc2nnc(C3CC3c3ccc(Cl)cc3)o2)c(C)c1Cl. The third-order valence-electron chi connectivity index (χ3n) is 4.72. The van der Waals surface area contributed by atoms with Crippen LogP contribution in [0.2, 0.25) is 10.0 Å². The van der Waals surface area contributed by atoms with Gasteiger partial charge in [0.1, 0.15) is 0 Å². The van der Waals surface area contributed by atoms with Crippen LogP contribution >= 0.6 is 23.2 Å². The Morgan fingerprint density at radius 1 is 1.12 bits per heavy atom. The summed E-state index contributed by atoms with van der Waals surface area (Å²) >= 11 is 12.1. The fourth-order valence-corrected chi connectivity index (χ4v) is 3.42. The van der Waals surface area contributed by atoms with Crippen LogP contribution < -0.4 is 0 Å². The van der Waals surface area contributed by atoms with E-state index in [2.05, 4.69) is 27.4 Å². The van der Waals surface area contributed by atoms with Crippen LogP contribution in [-0.2, 0) is 13.0 Å². The molecule has 1 aromatic carbocycles. The van der Waals surface area contributed by atoms with Gasteiger partial charge in [0.15, 0.2) is 0 Å². The molecule has 5 nitrogen and oxygen atoms in total. The Morgan fingerprint density at radius 2 is 1.88 bits per heavy atom. The summed E-state index contributed by atoms with van der Waals surface area (Å²) in [6, 6.07) is 7.98. The van der Waals surface area contributed by atoms with Gasteiger partial charge in [-0.3, -0.25) is 4.68 Å². The van der Waals surface area contributed by atoms with E-state index in [0.717, 1.165) is 33.7 Å². The van der Waals surface area contributed by atoms with Crippen molar-refractivity contribution in [2.45, 2.75) is 45.1 Å². The third-order valence-corrected chi connectivity index (χ3v) is 5.52. The Balaban J connectivity index is 1.39. The second kappa shape index (κ2) is 6.46. The van der Waals surface area contributed by atoms with E-state index in [4.69, 9.17) is 27.6 Å². The first-order valence-electron chi connectivity index (χ1n) is 8.30. The van der Waals surface area contributed by atoms with Crippen molar-refractivity contribution in [1.29, 1.82) is 0 Å². The van der Waals surface area contributed by atoms with Crippen molar-refractivity contribution < 1.29 is 4.42 Å². The van der Waals surface area contributed by atoms with E-state index in [0.29, 0.717) is 30.7 Å². The topological polar surface area (TPSA) is 56.7 Å². The molecule has 1 aliphatic rings. The number of rotatable bonds is 5. The van der Waals surface area contributed by atoms with Crippen molar-refractivity contribution in [3.8, 4) is 0 Å². The first kappa shape index (κ1) is 16.6. The molecular weight excluding hydrogens is 359 g/mol. The maximum atomic E-state index is 6.18. The molecule has 4 rings (SSSR count). The van der Waals surface area contributed by atoms with Crippen molar-refractivity contribution in [3.63, 3.8) is 0 Å². The van der Waals surface area contributed by atoms with Crippen molar-refractivity contribution >= 4 is 23.2 Å². The smallest absolute Gasteiger partial charge is 0.220 e. The normalized spacial score (nSPS) is 19.4. The molecule has 0 N–H and O–H groups in total. The van der Waals surface area contributed by atoms with Gasteiger partial charge in [0.2, 0.25) is 11.8 Å². The van der Waals surface area contributed by atoms with Crippen LogP contribution in [0.4, 0.5) is 0 Å². The molecule has 3 aromatic rings. The van der Waals surface area contributed by atoms with Crippen molar-refractivity contribution in [2.75, 3.05) is 0 Å². The Bertz CT molecular complexity index is 900. The second-order valence-electron chi connectivity index (χ2n) is 6.49. The summed E-state index contributed by atoms with van der Waals surface area (Å²) in [6.45, 7) is 4.54. The molecule has 25 heavy (non-hydrogen) atoms. The molecule has 0 radical (unpaired) electrons. The number of hydrogen-bond donors (Lipinski definition) is 0. The van der Waals surface area contributed by atoms with Crippen LogP contribution in [0.15, 0.2) is 28.7 Å². The van der Waals surface area contributed by atoms with Crippen LogP contribution in [0.25, 0.3) is 0 Å². The van der Waals surface area contributed by atoms with E-state index in [1.165, 1.54) is 5.56 Å². The minimum absolute atomic E-state index is 0.311. The van der Waals surface area contributed by atoms with E-state index in [1.807, 2.05) is 30.7 Å². The van der Waals surface area contributed by atoms with Gasteiger partial charge in [-0.05, 0) is 43.9 Å². The number of halogens is 2. The lowest BCUT2D eigenvalue weighted by Crippen LogP contribution is -2.05. The molecule has 2 unspecified atom stereocenters. The fraction of sp³-hybridized carbons (Fsp3) is 0.389. The monoisotopic (exact) mass is 376 g/mol. The highest BCUT2D eigenvalue weighted by Crippen LogP contribution is 2.54. The summed E-state index contributed by atoms with van der Waals surface area (Å²) in [7, 11) is 0. The van der Waals surface area contributed by atoms with E-state index in [1.54, 1.807) is 0 Å². The summed E-state index contributed by atoms with van der Waals surface area (Å²) in [4.78, 5) is 0. The van der Waals surface area contributed by atoms with E-state index >= 15 is 0 Å². The standard InChI is InChI=1S/C18H18Cl2N4O/c1-10-17(20)11(2)24(23-10)8-7-16-21-22-18(25-16)15-9-14(15)12-3-5-13(19)6-4-12/h3-6,14-15H,7-9H2,1-2H3. The molecular formula is C18H18Cl2N4O. The first-order valence-corrected chi connectivity index (χ1v) is 9.05. The second-order valence-corrected chi connectivity index (χ2v) is 7.31. The van der Waals surface area contributed by atoms with Crippen molar-refractivity contribution in [3.05, 3.63) is 63.0 Å². The number of hydrogen-bond acceptors (Lipinski definition) is 4. The molecule has 2 heterocycles. The highest BCUT2D eigenvalue weighted by molar-refractivity contribution is 6.31. The summed E-state index contributed by atoms with van der Waals surface area (Å²) < 4.78 is 7.74. The predicted molar refractivity (Wildman–Crippen MR) is 96.3 cm³/mol. The molecule has 0 spiro atoms. The van der Waals surface area contributed by atoms with Gasteiger partial charge >= 0.3 is 0 Å². The Kier molecular flexibility index (Phi) is 4.29. The van der Waals surface area contributed by atoms with Gasteiger partial charge < -0.3 is 4.42 Å². The van der Waals surface area contributed by atoms with Crippen LogP contribution in [0.1, 0.15) is 47.0 Å². The van der Waals surface area contributed by atoms with Gasteiger partial charge in [-0.2, -0.15) is 5.10 Å². The number of nitrogens with zero attached hydrogens (tertiary/aromatic N) is 4. The largest absolute Gasteiger partial charge is 0.425 e. The fourth-order valence-electron chi connectivity index (χ4n) is 3.16. The van der Waals surface area contributed by atoms with Gasteiger partial charge in [-0.15, -0.1) is 10.2 Å². The minimum atomic E-state index is 0.311. The highest BCUT2D eigenvalue weighted by Gasteiger charge is 2.43. The zero-order valence-electron chi connectivity index (χ0n) is 14.0. The summed E-state index contributed by atoms with van der Waals surface area (Å²) in [5.74, 6) is 2.12. The van der Waals surface area contributed by atoms with Crippen molar-refractivity contribution in [2.24, 2.45) is 0 Å². The lowest BCUT2D eigenvalue weighted by atomic mass is 10.1. The Labute approximate surface area is 156 Å². The quantitative estimate of drug-likeness (QED) is 0.647. The molecule has 0 amide bonds. The van der Waals surface area contributed by atoms with Gasteiger partial charge in [-0.25, -0.2) is 0 Å². The van der Waals surface area contributed by atoms with Crippen LogP contribution in [0.5, 0.6) is 0 Å². The first-order chi connectivity index (χ1) is 12.0. The average molecular weight is 377 g/mol. The summed E-state index contributed by atoms with van der Waals surface area (Å²) in [5.41, 5.74) is 3.07. The minimum Gasteiger partial charge on any atom is -0.425 e.